The van der Waals surface area contributed by atoms with Crippen molar-refractivity contribution in [3.63, 3.8) is 0 Å². The van der Waals surface area contributed by atoms with Crippen molar-refractivity contribution in [3.8, 4) is 112 Å². The van der Waals surface area contributed by atoms with E-state index in [1.54, 1.807) is 0 Å². The number of thioether (sulfide) groups is 4. The van der Waals surface area contributed by atoms with Crippen LogP contribution in [0.15, 0.2) is 273 Å². The van der Waals surface area contributed by atoms with Crippen molar-refractivity contribution < 1.29 is 53.1 Å². The van der Waals surface area contributed by atoms with Crippen LogP contribution in [0.3, 0.4) is 0 Å². The number of ether oxygens (including phenoxy) is 6. The molecule has 4 unspecified atom stereocenters. The van der Waals surface area contributed by atoms with Gasteiger partial charge in [-0.1, -0.05) is 223 Å². The summed E-state index contributed by atoms with van der Waals surface area (Å²) in [6.07, 6.45) is 17.0. The summed E-state index contributed by atoms with van der Waals surface area (Å²) in [5.74, 6) is 5.42. The van der Waals surface area contributed by atoms with E-state index in [0.717, 1.165) is 161 Å². The molecule has 2 aromatic heterocycles. The van der Waals surface area contributed by atoms with Crippen molar-refractivity contribution in [2.24, 2.45) is 0 Å². The van der Waals surface area contributed by atoms with Gasteiger partial charge in [0.15, 0.2) is 33.3 Å². The molecule has 0 fully saturated rings. The van der Waals surface area contributed by atoms with E-state index in [-0.39, 0.29) is 9.16 Å². The quantitative estimate of drug-likeness (QED) is 0.0266. The molecular formula is C114H150O12S6Si8. The Morgan fingerprint density at radius 1 is 0.214 bits per heavy atom. The third-order valence-electron chi connectivity index (χ3n) is 24.6. The van der Waals surface area contributed by atoms with Gasteiger partial charge < -0.3 is 53.1 Å². The highest BCUT2D eigenvalue weighted by molar-refractivity contribution is 8.19. The summed E-state index contributed by atoms with van der Waals surface area (Å²) in [5, 5.41) is 4.87. The highest BCUT2D eigenvalue weighted by Crippen LogP contribution is 2.65. The van der Waals surface area contributed by atoms with Crippen LogP contribution in [-0.4, -0.2) is 107 Å². The first kappa shape index (κ1) is 109. The standard InChI is InChI=1S/C114H150O12S6Si8/c1-19-115-97-65-53-91(54-66-97)87-45-49-89(50-46-87)93-57-69-99(70-58-93)117-77-33-21-25-37-81-137(15,121-133(3,4)5)125-139(17,123-135(9,10)11)83-39-27-23-35-79-119-101-73-61-95(62-74-101)103-85-127-111(113-129-105-41-29-30-42-106(105)130-113)109(103)110-104(86-128-112(110)114-131-107-43-31-32-44-108(107)132-114)96-63-75-102(76-64-96)120-80-36-24-28-40-84-140(18,124-136(12,13)14)126-138(16,122-134(6,7)8)82-38-26-22-34-78-118-100-71-59-94(60-72-100)90-51-47-88(48-52-90)92-55-67-98(68-56-92)116-20-2/h29-32,41-76,85-86,113-114H,19-28,33-40,77-84H2,1-18H3. The first-order valence-corrected chi connectivity index (χ1v) is 80.0. The molecule has 4 atom stereocenters. The summed E-state index contributed by atoms with van der Waals surface area (Å²) in [7, 11) is -18.2. The number of fused-ring (bicyclic) bond motifs is 2. The molecule has 0 aliphatic carbocycles. The van der Waals surface area contributed by atoms with Gasteiger partial charge in [0.25, 0.3) is 0 Å². The van der Waals surface area contributed by atoms with Gasteiger partial charge in [-0.05, 0) is 332 Å². The third kappa shape index (κ3) is 33.2. The van der Waals surface area contributed by atoms with Gasteiger partial charge in [0.1, 0.15) is 34.5 Å². The van der Waals surface area contributed by atoms with E-state index in [2.05, 4.69) is 334 Å². The van der Waals surface area contributed by atoms with Crippen LogP contribution >= 0.6 is 69.7 Å². The van der Waals surface area contributed by atoms with E-state index < -0.39 is 67.5 Å². The largest absolute Gasteiger partial charge is 0.494 e. The second-order valence-corrected chi connectivity index (χ2v) is 81.5. The molecule has 0 bridgehead atoms. The van der Waals surface area contributed by atoms with E-state index in [0.29, 0.717) is 39.6 Å². The first-order chi connectivity index (χ1) is 67.1. The van der Waals surface area contributed by atoms with Crippen molar-refractivity contribution in [3.05, 3.63) is 263 Å². The Morgan fingerprint density at radius 2 is 0.407 bits per heavy atom. The molecule has 746 valence electrons. The second-order valence-electron chi connectivity index (χ2n) is 41.6. The van der Waals surface area contributed by atoms with Crippen LogP contribution in [0.1, 0.15) is 135 Å². The lowest BCUT2D eigenvalue weighted by Crippen LogP contribution is -2.58. The average Bonchev–Trinajstić information content (AvgIpc) is 1.58. The van der Waals surface area contributed by atoms with Gasteiger partial charge in [-0.15, -0.1) is 69.7 Å². The molecule has 12 nitrogen and oxygen atoms in total. The average molecular weight is 2130 g/mol. The Hall–Kier alpha value is -6.70. The topological polar surface area (TPSA) is 111 Å². The van der Waals surface area contributed by atoms with Gasteiger partial charge >= 0.3 is 34.2 Å². The number of hydrogen-bond acceptors (Lipinski definition) is 18. The zero-order chi connectivity index (χ0) is 99.0. The number of rotatable bonds is 57. The van der Waals surface area contributed by atoms with Crippen molar-refractivity contribution in [2.45, 2.75) is 274 Å². The minimum Gasteiger partial charge on any atom is -0.494 e. The fraction of sp³-hybridized carbons (Fsp3) is 0.404. The zero-order valence-electron chi connectivity index (χ0n) is 86.1. The molecule has 0 N–H and O–H groups in total. The van der Waals surface area contributed by atoms with Crippen LogP contribution in [-0.2, 0) is 24.7 Å². The van der Waals surface area contributed by atoms with E-state index in [4.69, 9.17) is 53.1 Å². The smallest absolute Gasteiger partial charge is 0.315 e. The van der Waals surface area contributed by atoms with Gasteiger partial charge in [0.2, 0.25) is 0 Å². The lowest BCUT2D eigenvalue weighted by atomic mass is 9.92. The van der Waals surface area contributed by atoms with Gasteiger partial charge in [-0.25, -0.2) is 0 Å². The minimum atomic E-state index is -2.62. The lowest BCUT2D eigenvalue weighted by molar-refractivity contribution is 0.299. The summed E-state index contributed by atoms with van der Waals surface area (Å²) in [5.41, 5.74) is 17.1. The molecule has 0 saturated carbocycles. The van der Waals surface area contributed by atoms with Crippen LogP contribution in [0.4, 0.5) is 0 Å². The summed E-state index contributed by atoms with van der Waals surface area (Å²) in [6, 6.07) is 90.9. The van der Waals surface area contributed by atoms with Gasteiger partial charge in [0, 0.05) is 51.6 Å². The predicted octanol–water partition coefficient (Wildman–Crippen LogP) is 37.0. The third-order valence-corrected chi connectivity index (χ3v) is 61.6. The van der Waals surface area contributed by atoms with E-state index in [9.17, 15) is 0 Å². The highest BCUT2D eigenvalue weighted by atomic mass is 32.2. The molecule has 14 rings (SSSR count). The summed E-state index contributed by atoms with van der Waals surface area (Å²) in [4.78, 5) is 8.20. The number of benzene rings is 10. The molecule has 26 heteroatoms. The number of unbranched alkanes of at least 4 members (excludes halogenated alkanes) is 12. The van der Waals surface area contributed by atoms with E-state index in [1.807, 2.05) is 108 Å². The molecular weight excluding hydrogens is 1980 g/mol. The van der Waals surface area contributed by atoms with Crippen molar-refractivity contribution in [2.75, 3.05) is 39.6 Å². The van der Waals surface area contributed by atoms with Crippen molar-refractivity contribution in [1.29, 1.82) is 0 Å². The minimum absolute atomic E-state index is 0.202. The molecule has 140 heavy (non-hydrogen) atoms. The molecule has 0 spiro atoms. The molecule has 4 heterocycles. The first-order valence-electron chi connectivity index (χ1n) is 51.0. The van der Waals surface area contributed by atoms with Gasteiger partial charge in [-0.2, -0.15) is 0 Å². The Balaban J connectivity index is 0.553. The Kier molecular flexibility index (Phi) is 39.8. The van der Waals surface area contributed by atoms with E-state index in [1.165, 1.54) is 107 Å². The molecule has 2 aliphatic heterocycles. The fourth-order valence-corrected chi connectivity index (χ4v) is 64.4. The molecule has 0 amide bonds. The Labute approximate surface area is 871 Å². The fourth-order valence-electron chi connectivity index (χ4n) is 18.9. The Morgan fingerprint density at radius 3 is 0.614 bits per heavy atom. The molecule has 2 aliphatic rings. The summed E-state index contributed by atoms with van der Waals surface area (Å²) >= 11 is 11.8. The maximum atomic E-state index is 7.52. The van der Waals surface area contributed by atoms with E-state index >= 15 is 0 Å². The predicted molar refractivity (Wildman–Crippen MR) is 619 cm³/mol. The lowest BCUT2D eigenvalue weighted by Gasteiger charge is -2.43. The molecule has 10 aromatic carbocycles. The maximum Gasteiger partial charge on any atom is 0.315 e. The highest BCUT2D eigenvalue weighted by Gasteiger charge is 2.49. The van der Waals surface area contributed by atoms with Gasteiger partial charge in [0.05, 0.1) is 48.8 Å². The maximum absolute atomic E-state index is 7.52. The Bertz CT molecular complexity index is 5430. The number of hydrogen-bond donors (Lipinski definition) is 0. The summed E-state index contributed by atoms with van der Waals surface area (Å²) in [6.45, 7) is 45.2. The van der Waals surface area contributed by atoms with Crippen molar-refractivity contribution >= 4 is 137 Å². The van der Waals surface area contributed by atoms with Crippen LogP contribution in [0.2, 0.25) is 129 Å². The normalized spacial score (nSPS) is 14.9. The number of thiophene rings is 2. The van der Waals surface area contributed by atoms with Crippen LogP contribution < -0.4 is 28.4 Å². The van der Waals surface area contributed by atoms with Crippen LogP contribution in [0.5, 0.6) is 34.5 Å². The SMILES string of the molecule is CCOc1ccc(-c2ccc(-c3ccc(OCCCCCC[Si](C)(O[Si](C)(C)C)O[Si](C)(CCCCCCOc4ccc(-c5csc(C6Sc7ccccc7S6)c5-c5c(-c6ccc(OCCCCCC[Si](C)(O[Si](C)(C)C)O[Si](C)(CCCCCCOc7ccc(-c8ccc(-c9ccc(OCC)cc9)cc8)cc7)O[Si](C)(C)C)cc6)csc5C5Sc6ccccc6S5)cc4)O[Si](C)(C)C)cc3)cc2)cc1. The second kappa shape index (κ2) is 51.1. The van der Waals surface area contributed by atoms with Crippen LogP contribution in [0, 0.1) is 0 Å². The van der Waals surface area contributed by atoms with Crippen LogP contribution in [0.25, 0.3) is 77.9 Å². The molecule has 0 radical (unpaired) electrons. The summed E-state index contributed by atoms with van der Waals surface area (Å²) < 4.78 is 81.4. The zero-order valence-corrected chi connectivity index (χ0v) is 99.0. The van der Waals surface area contributed by atoms with Crippen molar-refractivity contribution in [1.82, 2.24) is 0 Å². The molecule has 0 saturated heterocycles. The molecule has 12 aromatic rings. The van der Waals surface area contributed by atoms with Gasteiger partial charge in [-0.3, -0.25) is 0 Å². The monoisotopic (exact) mass is 2130 g/mol.